The lowest BCUT2D eigenvalue weighted by atomic mass is 10.2. The van der Waals surface area contributed by atoms with Crippen molar-refractivity contribution in [2.24, 2.45) is 0 Å². The lowest BCUT2D eigenvalue weighted by Crippen LogP contribution is -2.14. The third-order valence-corrected chi connectivity index (χ3v) is 5.79. The van der Waals surface area contributed by atoms with Crippen LogP contribution in [0.25, 0.3) is 11.4 Å². The summed E-state index contributed by atoms with van der Waals surface area (Å²) >= 11 is 1.32. The number of hydrogen-bond acceptors (Lipinski definition) is 6. The van der Waals surface area contributed by atoms with Gasteiger partial charge in [-0.2, -0.15) is 0 Å². The molecule has 0 spiro atoms. The molecule has 4 aromatic rings. The van der Waals surface area contributed by atoms with E-state index in [2.05, 4.69) is 22.1 Å². The van der Waals surface area contributed by atoms with E-state index in [1.54, 1.807) is 12.3 Å². The molecule has 0 fully saturated rings. The Hall–Kier alpha value is -3.78. The summed E-state index contributed by atoms with van der Waals surface area (Å²) in [6.45, 7) is 8.23. The number of carbonyl (C=O) groups is 1. The van der Waals surface area contributed by atoms with Crippen molar-refractivity contribution in [3.8, 4) is 22.9 Å². The average molecular weight is 461 g/mol. The van der Waals surface area contributed by atoms with E-state index in [0.717, 1.165) is 22.6 Å². The van der Waals surface area contributed by atoms with Crippen LogP contribution in [-0.4, -0.2) is 26.4 Å². The normalized spacial score (nSPS) is 10.7. The first-order valence-corrected chi connectivity index (χ1v) is 11.4. The Morgan fingerprint density at radius 2 is 1.97 bits per heavy atom. The molecule has 0 saturated heterocycles. The molecule has 1 amide bonds. The number of hydrogen-bond donors (Lipinski definition) is 1. The van der Waals surface area contributed by atoms with Crippen LogP contribution >= 0.6 is 11.8 Å². The summed E-state index contributed by atoms with van der Waals surface area (Å²) in [4.78, 5) is 12.5. The number of aryl methyl sites for hydroxylation is 2. The number of benzene rings is 2. The zero-order valence-corrected chi connectivity index (χ0v) is 19.3. The topological polar surface area (TPSA) is 82.2 Å². The zero-order chi connectivity index (χ0) is 23.2. The highest BCUT2D eigenvalue weighted by Gasteiger charge is 2.17. The van der Waals surface area contributed by atoms with Crippen molar-refractivity contribution in [3.63, 3.8) is 0 Å². The number of thioether (sulfide) groups is 1. The maximum absolute atomic E-state index is 12.5. The van der Waals surface area contributed by atoms with Crippen molar-refractivity contribution in [1.29, 1.82) is 0 Å². The van der Waals surface area contributed by atoms with Crippen LogP contribution < -0.4 is 10.1 Å². The third-order valence-electron chi connectivity index (χ3n) is 4.82. The number of rotatable bonds is 9. The minimum Gasteiger partial charge on any atom is -0.469 e. The van der Waals surface area contributed by atoms with Crippen LogP contribution in [-0.2, 0) is 11.3 Å². The predicted octanol–water partition coefficient (Wildman–Crippen LogP) is 5.86. The standard InChI is InChI=1S/C25H24N4O3S/c1-4-13-29-24(22-12-14-31-18(22)3)27-28-25(29)33-16-23(30)26-19-8-10-20(11-9-19)32-21-7-5-6-17(2)15-21/h4-12,14-15H,1,13,16H2,2-3H3,(H,26,30). The van der Waals surface area contributed by atoms with E-state index in [1.807, 2.05) is 73.0 Å². The largest absolute Gasteiger partial charge is 0.469 e. The van der Waals surface area contributed by atoms with Crippen LogP contribution in [0.2, 0.25) is 0 Å². The monoisotopic (exact) mass is 460 g/mol. The summed E-state index contributed by atoms with van der Waals surface area (Å²) in [7, 11) is 0. The molecule has 2 aromatic heterocycles. The third kappa shape index (κ3) is 5.53. The second-order valence-electron chi connectivity index (χ2n) is 7.38. The molecule has 33 heavy (non-hydrogen) atoms. The van der Waals surface area contributed by atoms with Gasteiger partial charge in [-0.15, -0.1) is 16.8 Å². The molecule has 0 atom stereocenters. The molecule has 0 unspecified atom stereocenters. The summed E-state index contributed by atoms with van der Waals surface area (Å²) in [5, 5.41) is 12.1. The van der Waals surface area contributed by atoms with Gasteiger partial charge in [-0.3, -0.25) is 9.36 Å². The van der Waals surface area contributed by atoms with Crippen LogP contribution in [0.5, 0.6) is 11.5 Å². The Morgan fingerprint density at radius 3 is 2.67 bits per heavy atom. The lowest BCUT2D eigenvalue weighted by molar-refractivity contribution is -0.113. The quantitative estimate of drug-likeness (QED) is 0.249. The number of amides is 1. The molecule has 1 N–H and O–H groups in total. The highest BCUT2D eigenvalue weighted by atomic mass is 32.2. The lowest BCUT2D eigenvalue weighted by Gasteiger charge is -2.09. The van der Waals surface area contributed by atoms with E-state index >= 15 is 0 Å². The molecule has 0 radical (unpaired) electrons. The summed E-state index contributed by atoms with van der Waals surface area (Å²) in [6, 6.07) is 17.0. The molecule has 0 aliphatic heterocycles. The van der Waals surface area contributed by atoms with Gasteiger partial charge in [-0.25, -0.2) is 0 Å². The maximum atomic E-state index is 12.5. The minimum atomic E-state index is -0.137. The fraction of sp³-hybridized carbons (Fsp3) is 0.160. The van der Waals surface area contributed by atoms with Gasteiger partial charge in [-0.1, -0.05) is 30.0 Å². The Balaban J connectivity index is 1.36. The van der Waals surface area contributed by atoms with Crippen LogP contribution in [0.15, 0.2) is 83.1 Å². The first kappa shape index (κ1) is 22.4. The Bertz CT molecular complexity index is 1260. The van der Waals surface area contributed by atoms with Gasteiger partial charge in [0, 0.05) is 12.2 Å². The molecule has 0 bridgehead atoms. The van der Waals surface area contributed by atoms with E-state index < -0.39 is 0 Å². The van der Waals surface area contributed by atoms with Gasteiger partial charge < -0.3 is 14.5 Å². The van der Waals surface area contributed by atoms with Gasteiger partial charge in [0.15, 0.2) is 11.0 Å². The molecule has 2 aromatic carbocycles. The first-order valence-electron chi connectivity index (χ1n) is 10.4. The fourth-order valence-electron chi connectivity index (χ4n) is 3.25. The van der Waals surface area contributed by atoms with Crippen molar-refractivity contribution in [2.45, 2.75) is 25.5 Å². The van der Waals surface area contributed by atoms with E-state index in [4.69, 9.17) is 9.15 Å². The van der Waals surface area contributed by atoms with Gasteiger partial charge in [0.25, 0.3) is 0 Å². The second-order valence-corrected chi connectivity index (χ2v) is 8.32. The number of carbonyl (C=O) groups excluding carboxylic acids is 1. The molecule has 0 aliphatic rings. The fourth-order valence-corrected chi connectivity index (χ4v) is 4.00. The number of furan rings is 1. The summed E-state index contributed by atoms with van der Waals surface area (Å²) < 4.78 is 13.2. The molecule has 7 nitrogen and oxygen atoms in total. The highest BCUT2D eigenvalue weighted by molar-refractivity contribution is 7.99. The van der Waals surface area contributed by atoms with Crippen LogP contribution in [0.1, 0.15) is 11.3 Å². The molecular weight excluding hydrogens is 436 g/mol. The molecule has 8 heteroatoms. The maximum Gasteiger partial charge on any atom is 0.234 e. The summed E-state index contributed by atoms with van der Waals surface area (Å²) in [6.07, 6.45) is 3.39. The van der Waals surface area contributed by atoms with E-state index in [1.165, 1.54) is 11.8 Å². The Labute approximate surface area is 196 Å². The molecule has 4 rings (SSSR count). The van der Waals surface area contributed by atoms with Crippen LogP contribution in [0.4, 0.5) is 5.69 Å². The molecular formula is C25H24N4O3S. The number of aromatic nitrogens is 3. The number of allylic oxidation sites excluding steroid dienone is 1. The molecule has 0 aliphatic carbocycles. The van der Waals surface area contributed by atoms with E-state index in [0.29, 0.717) is 29.0 Å². The SMILES string of the molecule is C=CCn1c(SCC(=O)Nc2ccc(Oc3cccc(C)c3)cc2)nnc1-c1ccoc1C. The Kier molecular flexibility index (Phi) is 6.95. The smallest absolute Gasteiger partial charge is 0.234 e. The molecule has 2 heterocycles. The van der Waals surface area contributed by atoms with Gasteiger partial charge in [0.1, 0.15) is 17.3 Å². The zero-order valence-electron chi connectivity index (χ0n) is 18.4. The highest BCUT2D eigenvalue weighted by Crippen LogP contribution is 2.27. The van der Waals surface area contributed by atoms with E-state index in [-0.39, 0.29) is 11.7 Å². The van der Waals surface area contributed by atoms with Crippen molar-refractivity contribution in [3.05, 3.63) is 84.8 Å². The summed E-state index contributed by atoms with van der Waals surface area (Å²) in [5.74, 6) is 2.98. The number of nitrogens with zero attached hydrogens (tertiary/aromatic N) is 3. The molecule has 0 saturated carbocycles. The summed E-state index contributed by atoms with van der Waals surface area (Å²) in [5.41, 5.74) is 2.69. The van der Waals surface area contributed by atoms with Gasteiger partial charge in [0.05, 0.1) is 17.6 Å². The minimum absolute atomic E-state index is 0.137. The second kappa shape index (κ2) is 10.2. The van der Waals surface area contributed by atoms with Crippen LogP contribution in [0, 0.1) is 13.8 Å². The Morgan fingerprint density at radius 1 is 1.15 bits per heavy atom. The number of ether oxygens (including phenoxy) is 1. The first-order chi connectivity index (χ1) is 16.0. The van der Waals surface area contributed by atoms with Crippen molar-refractivity contribution in [2.75, 3.05) is 11.1 Å². The van der Waals surface area contributed by atoms with Crippen molar-refractivity contribution in [1.82, 2.24) is 14.8 Å². The number of anilines is 1. The number of nitrogens with one attached hydrogen (secondary N) is 1. The molecule has 168 valence electrons. The van der Waals surface area contributed by atoms with Crippen molar-refractivity contribution < 1.29 is 13.9 Å². The van der Waals surface area contributed by atoms with Crippen molar-refractivity contribution >= 4 is 23.4 Å². The average Bonchev–Trinajstić information content (AvgIpc) is 3.39. The van der Waals surface area contributed by atoms with Gasteiger partial charge >= 0.3 is 0 Å². The van der Waals surface area contributed by atoms with Gasteiger partial charge in [0.2, 0.25) is 5.91 Å². The van der Waals surface area contributed by atoms with Crippen LogP contribution in [0.3, 0.4) is 0 Å². The van der Waals surface area contributed by atoms with E-state index in [9.17, 15) is 4.79 Å². The predicted molar refractivity (Wildman–Crippen MR) is 130 cm³/mol. The van der Waals surface area contributed by atoms with Gasteiger partial charge in [-0.05, 0) is 61.9 Å².